The minimum absolute atomic E-state index is 0.213. The lowest BCUT2D eigenvalue weighted by Gasteiger charge is -2.17. The molecule has 0 amide bonds. The molecule has 20 heavy (non-hydrogen) atoms. The number of nitrogens with one attached hydrogen (secondary N) is 1. The van der Waals surface area contributed by atoms with Crippen LogP contribution in [0.1, 0.15) is 16.3 Å². The summed E-state index contributed by atoms with van der Waals surface area (Å²) < 4.78 is 10.0. The average Bonchev–Trinajstić information content (AvgIpc) is 2.93. The molecule has 0 aliphatic carbocycles. The molecule has 5 nitrogen and oxygen atoms in total. The van der Waals surface area contributed by atoms with Gasteiger partial charge in [0, 0.05) is 14.1 Å². The first-order valence-electron chi connectivity index (χ1n) is 6.29. The van der Waals surface area contributed by atoms with Gasteiger partial charge in [0.1, 0.15) is 5.76 Å². The van der Waals surface area contributed by atoms with E-state index in [2.05, 4.69) is 10.1 Å². The van der Waals surface area contributed by atoms with Crippen molar-refractivity contribution >= 4 is 17.3 Å². The molecule has 0 bridgehead atoms. The van der Waals surface area contributed by atoms with E-state index in [4.69, 9.17) is 4.42 Å². The lowest BCUT2D eigenvalue weighted by atomic mass is 10.2. The second-order valence-corrected chi connectivity index (χ2v) is 4.52. The van der Waals surface area contributed by atoms with Gasteiger partial charge in [-0.05, 0) is 24.3 Å². The van der Waals surface area contributed by atoms with Gasteiger partial charge in [0.05, 0.1) is 25.0 Å². The zero-order valence-corrected chi connectivity index (χ0v) is 11.8. The van der Waals surface area contributed by atoms with Crippen molar-refractivity contribution in [3.05, 3.63) is 47.9 Å². The number of carbonyl (C=O) groups is 1. The number of anilines is 2. The number of hydrogen-bond acceptors (Lipinski definition) is 5. The topological polar surface area (TPSA) is 54.7 Å². The van der Waals surface area contributed by atoms with Crippen molar-refractivity contribution < 1.29 is 13.9 Å². The van der Waals surface area contributed by atoms with Gasteiger partial charge in [-0.1, -0.05) is 12.1 Å². The molecule has 0 radical (unpaired) electrons. The summed E-state index contributed by atoms with van der Waals surface area (Å²) in [5.41, 5.74) is 2.10. The van der Waals surface area contributed by atoms with Crippen molar-refractivity contribution in [2.24, 2.45) is 0 Å². The fraction of sp³-hybridized carbons (Fsp3) is 0.267. The Kier molecular flexibility index (Phi) is 4.30. The minimum atomic E-state index is -0.468. The van der Waals surface area contributed by atoms with Crippen molar-refractivity contribution in [3.63, 3.8) is 0 Å². The molecule has 1 N–H and O–H groups in total. The maximum absolute atomic E-state index is 11.3. The first-order valence-corrected chi connectivity index (χ1v) is 6.29. The van der Waals surface area contributed by atoms with E-state index in [9.17, 15) is 4.79 Å². The molecular weight excluding hydrogens is 256 g/mol. The predicted octanol–water partition coefficient (Wildman–Crippen LogP) is 2.74. The molecule has 0 spiro atoms. The molecule has 0 atom stereocenters. The van der Waals surface area contributed by atoms with E-state index >= 15 is 0 Å². The zero-order valence-electron chi connectivity index (χ0n) is 11.8. The highest BCUT2D eigenvalue weighted by Crippen LogP contribution is 2.24. The number of methoxy groups -OCH3 is 1. The largest absolute Gasteiger partial charge is 0.463 e. The summed E-state index contributed by atoms with van der Waals surface area (Å²) in [4.78, 5) is 13.3. The third-order valence-electron chi connectivity index (χ3n) is 2.89. The van der Waals surface area contributed by atoms with Crippen molar-refractivity contribution in [1.82, 2.24) is 0 Å². The van der Waals surface area contributed by atoms with Gasteiger partial charge >= 0.3 is 5.97 Å². The number of esters is 1. The highest BCUT2D eigenvalue weighted by molar-refractivity contribution is 5.86. The third-order valence-corrected chi connectivity index (χ3v) is 2.89. The van der Waals surface area contributed by atoms with Crippen LogP contribution < -0.4 is 10.2 Å². The summed E-state index contributed by atoms with van der Waals surface area (Å²) in [6.45, 7) is 0.502. The monoisotopic (exact) mass is 274 g/mol. The summed E-state index contributed by atoms with van der Waals surface area (Å²) in [6.07, 6.45) is 0. The lowest BCUT2D eigenvalue weighted by molar-refractivity contribution is 0.0563. The zero-order chi connectivity index (χ0) is 14.5. The van der Waals surface area contributed by atoms with Gasteiger partial charge in [0.2, 0.25) is 5.76 Å². The van der Waals surface area contributed by atoms with Crippen molar-refractivity contribution in [1.29, 1.82) is 0 Å². The van der Waals surface area contributed by atoms with E-state index < -0.39 is 5.97 Å². The molecule has 1 aromatic heterocycles. The Bertz CT molecular complexity index is 590. The second kappa shape index (κ2) is 6.14. The van der Waals surface area contributed by atoms with Gasteiger partial charge in [-0.15, -0.1) is 0 Å². The molecule has 0 aliphatic heterocycles. The van der Waals surface area contributed by atoms with E-state index in [0.717, 1.165) is 11.4 Å². The summed E-state index contributed by atoms with van der Waals surface area (Å²) in [6, 6.07) is 11.4. The van der Waals surface area contributed by atoms with Crippen LogP contribution in [0.2, 0.25) is 0 Å². The van der Waals surface area contributed by atoms with Crippen LogP contribution in [-0.2, 0) is 11.3 Å². The van der Waals surface area contributed by atoms with Crippen LogP contribution in [0, 0.1) is 0 Å². The van der Waals surface area contributed by atoms with Gasteiger partial charge in [-0.2, -0.15) is 0 Å². The second-order valence-electron chi connectivity index (χ2n) is 4.52. The van der Waals surface area contributed by atoms with Crippen LogP contribution in [0.4, 0.5) is 11.4 Å². The first-order chi connectivity index (χ1) is 9.61. The number of nitrogens with zero attached hydrogens (tertiary/aromatic N) is 1. The van der Waals surface area contributed by atoms with Crippen molar-refractivity contribution in [2.45, 2.75) is 6.54 Å². The summed E-state index contributed by atoms with van der Waals surface area (Å²) in [5.74, 6) is 0.425. The highest BCUT2D eigenvalue weighted by Gasteiger charge is 2.11. The number of benzene rings is 1. The fourth-order valence-corrected chi connectivity index (χ4v) is 1.88. The van der Waals surface area contributed by atoms with Crippen LogP contribution in [0.5, 0.6) is 0 Å². The molecule has 1 heterocycles. The Morgan fingerprint density at radius 1 is 1.25 bits per heavy atom. The van der Waals surface area contributed by atoms with Crippen LogP contribution in [0.15, 0.2) is 40.8 Å². The Morgan fingerprint density at radius 2 is 2.00 bits per heavy atom. The maximum atomic E-state index is 11.3. The molecule has 2 rings (SSSR count). The van der Waals surface area contributed by atoms with E-state index in [-0.39, 0.29) is 5.76 Å². The van der Waals surface area contributed by atoms with E-state index in [1.54, 1.807) is 12.1 Å². The third kappa shape index (κ3) is 3.12. The number of hydrogen-bond donors (Lipinski definition) is 1. The Labute approximate surface area is 118 Å². The smallest absolute Gasteiger partial charge is 0.373 e. The molecule has 106 valence electrons. The van der Waals surface area contributed by atoms with E-state index in [0.29, 0.717) is 12.3 Å². The van der Waals surface area contributed by atoms with Gasteiger partial charge in [-0.3, -0.25) is 0 Å². The Morgan fingerprint density at radius 3 is 2.70 bits per heavy atom. The Hall–Kier alpha value is -2.43. The molecule has 0 saturated heterocycles. The number of carbonyl (C=O) groups excluding carboxylic acids is 1. The number of furan rings is 1. The van der Waals surface area contributed by atoms with E-state index in [1.807, 2.05) is 43.3 Å². The molecule has 0 unspecified atom stereocenters. The number of para-hydroxylation sites is 2. The van der Waals surface area contributed by atoms with Crippen LogP contribution in [0.25, 0.3) is 0 Å². The fourth-order valence-electron chi connectivity index (χ4n) is 1.88. The quantitative estimate of drug-likeness (QED) is 0.850. The number of rotatable bonds is 5. The molecule has 2 aromatic rings. The van der Waals surface area contributed by atoms with Crippen LogP contribution >= 0.6 is 0 Å². The first kappa shape index (κ1) is 14.0. The van der Waals surface area contributed by atoms with Crippen LogP contribution in [0.3, 0.4) is 0 Å². The molecule has 0 saturated carbocycles. The van der Waals surface area contributed by atoms with Gasteiger partial charge < -0.3 is 19.4 Å². The van der Waals surface area contributed by atoms with Gasteiger partial charge in [0.15, 0.2) is 0 Å². The minimum Gasteiger partial charge on any atom is -0.463 e. The standard InChI is InChI=1S/C15H18N2O3/c1-17(2)13-7-5-4-6-12(13)16-10-11-8-9-14(20-11)15(18)19-3/h4-9,16H,10H2,1-3H3. The maximum Gasteiger partial charge on any atom is 0.373 e. The molecule has 1 aromatic carbocycles. The molecule has 0 fully saturated rings. The normalized spacial score (nSPS) is 10.2. The molecule has 0 aliphatic rings. The van der Waals surface area contributed by atoms with Crippen LogP contribution in [-0.4, -0.2) is 27.2 Å². The van der Waals surface area contributed by atoms with Crippen molar-refractivity contribution in [3.8, 4) is 0 Å². The summed E-state index contributed by atoms with van der Waals surface area (Å²) in [5, 5.41) is 3.29. The van der Waals surface area contributed by atoms with E-state index in [1.165, 1.54) is 7.11 Å². The Balaban J connectivity index is 2.06. The molecular formula is C15H18N2O3. The van der Waals surface area contributed by atoms with Crippen molar-refractivity contribution in [2.75, 3.05) is 31.4 Å². The van der Waals surface area contributed by atoms with Gasteiger partial charge in [-0.25, -0.2) is 4.79 Å². The highest BCUT2D eigenvalue weighted by atomic mass is 16.5. The average molecular weight is 274 g/mol. The SMILES string of the molecule is COC(=O)c1ccc(CNc2ccccc2N(C)C)o1. The molecule has 5 heteroatoms. The summed E-state index contributed by atoms with van der Waals surface area (Å²) >= 11 is 0. The lowest BCUT2D eigenvalue weighted by Crippen LogP contribution is -2.11. The number of ether oxygens (including phenoxy) is 1. The van der Waals surface area contributed by atoms with Gasteiger partial charge in [0.25, 0.3) is 0 Å². The predicted molar refractivity (Wildman–Crippen MR) is 78.1 cm³/mol. The summed E-state index contributed by atoms with van der Waals surface area (Å²) in [7, 11) is 5.31.